The second-order valence-corrected chi connectivity index (χ2v) is 6.21. The summed E-state index contributed by atoms with van der Waals surface area (Å²) in [6.07, 6.45) is 1.75. The molecule has 1 aliphatic heterocycles. The third-order valence-corrected chi connectivity index (χ3v) is 2.84. The van der Waals surface area contributed by atoms with E-state index in [0.29, 0.717) is 5.41 Å². The predicted octanol–water partition coefficient (Wildman–Crippen LogP) is 1.08. The van der Waals surface area contributed by atoms with Crippen LogP contribution in [-0.2, 0) is 0 Å². The van der Waals surface area contributed by atoms with E-state index in [-0.39, 0.29) is 0 Å². The van der Waals surface area contributed by atoms with Crippen LogP contribution in [0.15, 0.2) is 0 Å². The van der Waals surface area contributed by atoms with E-state index in [4.69, 9.17) is 0 Å². The van der Waals surface area contributed by atoms with Crippen LogP contribution in [-0.4, -0.2) is 48.8 Å². The minimum absolute atomic E-state index is 0.304. The average Bonchev–Trinajstić information content (AvgIpc) is 1.99. The van der Waals surface area contributed by atoms with Crippen molar-refractivity contribution < 1.29 is 5.11 Å². The smallest absolute Gasteiger partial charge is 0.0798 e. The van der Waals surface area contributed by atoms with Crippen LogP contribution in [0.4, 0.5) is 0 Å². The number of hydrogen-bond acceptors (Lipinski definition) is 3. The normalized spacial score (nSPS) is 22.0. The molecule has 0 spiro atoms. The van der Waals surface area contributed by atoms with Crippen molar-refractivity contribution in [3.63, 3.8) is 0 Å². The molecule has 0 aliphatic carbocycles. The first-order valence-electron chi connectivity index (χ1n) is 5.92. The molecule has 1 fully saturated rings. The summed E-state index contributed by atoms with van der Waals surface area (Å²) in [6, 6.07) is 0. The SMILES string of the molecule is CN(CC(C)(C)C)CC1(O)CCNCC1. The molecule has 1 heterocycles. The van der Waals surface area contributed by atoms with E-state index in [1.807, 2.05) is 0 Å². The van der Waals surface area contributed by atoms with Gasteiger partial charge in [0.2, 0.25) is 0 Å². The maximum atomic E-state index is 10.4. The zero-order chi connectivity index (χ0) is 11.5. The first-order chi connectivity index (χ1) is 6.81. The molecular formula is C12H26N2O. The second kappa shape index (κ2) is 4.81. The van der Waals surface area contributed by atoms with Gasteiger partial charge in [-0.3, -0.25) is 0 Å². The number of piperidine rings is 1. The molecular weight excluding hydrogens is 188 g/mol. The highest BCUT2D eigenvalue weighted by molar-refractivity contribution is 4.87. The molecule has 0 aromatic rings. The molecule has 1 rings (SSSR count). The molecule has 0 radical (unpaired) electrons. The summed E-state index contributed by atoms with van der Waals surface area (Å²) in [4.78, 5) is 2.26. The lowest BCUT2D eigenvalue weighted by molar-refractivity contribution is -0.0204. The van der Waals surface area contributed by atoms with Gasteiger partial charge < -0.3 is 15.3 Å². The van der Waals surface area contributed by atoms with Crippen LogP contribution in [0.5, 0.6) is 0 Å². The van der Waals surface area contributed by atoms with Crippen LogP contribution < -0.4 is 5.32 Å². The number of likely N-dealkylation sites (N-methyl/N-ethyl adjacent to an activating group) is 1. The van der Waals surface area contributed by atoms with Gasteiger partial charge in [-0.15, -0.1) is 0 Å². The number of nitrogens with one attached hydrogen (secondary N) is 1. The molecule has 1 saturated heterocycles. The summed E-state index contributed by atoms with van der Waals surface area (Å²) in [5, 5.41) is 13.6. The molecule has 90 valence electrons. The summed E-state index contributed by atoms with van der Waals surface area (Å²) < 4.78 is 0. The van der Waals surface area contributed by atoms with Crippen LogP contribution in [0, 0.1) is 5.41 Å². The Morgan fingerprint density at radius 2 is 1.80 bits per heavy atom. The number of rotatable bonds is 3. The fourth-order valence-electron chi connectivity index (χ4n) is 2.42. The standard InChI is InChI=1S/C12H26N2O/c1-11(2,3)9-14(4)10-12(15)5-7-13-8-6-12/h13,15H,5-10H2,1-4H3. The fourth-order valence-corrected chi connectivity index (χ4v) is 2.42. The molecule has 3 nitrogen and oxygen atoms in total. The average molecular weight is 214 g/mol. The van der Waals surface area contributed by atoms with Gasteiger partial charge in [0.05, 0.1) is 5.60 Å². The Morgan fingerprint density at radius 3 is 2.27 bits per heavy atom. The van der Waals surface area contributed by atoms with E-state index in [1.165, 1.54) is 0 Å². The van der Waals surface area contributed by atoms with E-state index in [9.17, 15) is 5.11 Å². The van der Waals surface area contributed by atoms with Gasteiger partial charge in [0.1, 0.15) is 0 Å². The van der Waals surface area contributed by atoms with Crippen molar-refractivity contribution >= 4 is 0 Å². The first kappa shape index (κ1) is 12.9. The highest BCUT2D eigenvalue weighted by Gasteiger charge is 2.31. The minimum Gasteiger partial charge on any atom is -0.388 e. The van der Waals surface area contributed by atoms with E-state index in [0.717, 1.165) is 39.0 Å². The van der Waals surface area contributed by atoms with Crippen LogP contribution in [0.3, 0.4) is 0 Å². The van der Waals surface area contributed by atoms with Crippen molar-refractivity contribution in [1.82, 2.24) is 10.2 Å². The number of hydrogen-bond donors (Lipinski definition) is 2. The van der Waals surface area contributed by atoms with Gasteiger partial charge in [-0.05, 0) is 38.4 Å². The summed E-state index contributed by atoms with van der Waals surface area (Å²) in [7, 11) is 2.10. The Labute approximate surface area is 93.9 Å². The van der Waals surface area contributed by atoms with Crippen LogP contribution in [0.2, 0.25) is 0 Å². The van der Waals surface area contributed by atoms with Crippen LogP contribution >= 0.6 is 0 Å². The lowest BCUT2D eigenvalue weighted by atomic mass is 9.90. The third-order valence-electron chi connectivity index (χ3n) is 2.84. The summed E-state index contributed by atoms with van der Waals surface area (Å²) in [5.41, 5.74) is -0.163. The molecule has 0 bridgehead atoms. The highest BCUT2D eigenvalue weighted by Crippen LogP contribution is 2.21. The maximum absolute atomic E-state index is 10.4. The van der Waals surface area contributed by atoms with E-state index in [1.54, 1.807) is 0 Å². The molecule has 3 heteroatoms. The fraction of sp³-hybridized carbons (Fsp3) is 1.00. The van der Waals surface area contributed by atoms with Gasteiger partial charge in [-0.2, -0.15) is 0 Å². The Hall–Kier alpha value is -0.120. The molecule has 0 saturated carbocycles. The Kier molecular flexibility index (Phi) is 4.15. The third kappa shape index (κ3) is 4.96. The largest absolute Gasteiger partial charge is 0.388 e. The summed E-state index contributed by atoms with van der Waals surface area (Å²) >= 11 is 0. The molecule has 0 unspecified atom stereocenters. The lowest BCUT2D eigenvalue weighted by Gasteiger charge is -2.37. The quantitative estimate of drug-likeness (QED) is 0.738. The summed E-state index contributed by atoms with van der Waals surface area (Å²) in [5.74, 6) is 0. The van der Waals surface area contributed by atoms with Crippen molar-refractivity contribution in [3.05, 3.63) is 0 Å². The van der Waals surface area contributed by atoms with Crippen molar-refractivity contribution in [1.29, 1.82) is 0 Å². The topological polar surface area (TPSA) is 35.5 Å². The molecule has 15 heavy (non-hydrogen) atoms. The van der Waals surface area contributed by atoms with Crippen molar-refractivity contribution in [2.45, 2.75) is 39.2 Å². The Morgan fingerprint density at radius 1 is 1.27 bits per heavy atom. The Bertz CT molecular complexity index is 192. The van der Waals surface area contributed by atoms with E-state index >= 15 is 0 Å². The summed E-state index contributed by atoms with van der Waals surface area (Å²) in [6.45, 7) is 10.4. The molecule has 0 aromatic carbocycles. The van der Waals surface area contributed by atoms with Gasteiger partial charge in [0, 0.05) is 13.1 Å². The molecule has 2 N–H and O–H groups in total. The molecule has 1 aliphatic rings. The maximum Gasteiger partial charge on any atom is 0.0798 e. The van der Waals surface area contributed by atoms with Crippen molar-refractivity contribution in [2.24, 2.45) is 5.41 Å². The lowest BCUT2D eigenvalue weighted by Crippen LogP contribution is -2.50. The predicted molar refractivity (Wildman–Crippen MR) is 64.0 cm³/mol. The van der Waals surface area contributed by atoms with Crippen molar-refractivity contribution in [2.75, 3.05) is 33.2 Å². The van der Waals surface area contributed by atoms with E-state index < -0.39 is 5.60 Å². The van der Waals surface area contributed by atoms with Crippen LogP contribution in [0.25, 0.3) is 0 Å². The number of aliphatic hydroxyl groups is 1. The molecule has 0 amide bonds. The first-order valence-corrected chi connectivity index (χ1v) is 5.92. The highest BCUT2D eigenvalue weighted by atomic mass is 16.3. The monoisotopic (exact) mass is 214 g/mol. The van der Waals surface area contributed by atoms with Gasteiger partial charge >= 0.3 is 0 Å². The molecule has 0 aromatic heterocycles. The zero-order valence-corrected chi connectivity index (χ0v) is 10.6. The Balaban J connectivity index is 2.38. The second-order valence-electron chi connectivity index (χ2n) is 6.21. The molecule has 0 atom stereocenters. The van der Waals surface area contributed by atoms with Gasteiger partial charge in [0.15, 0.2) is 0 Å². The van der Waals surface area contributed by atoms with Gasteiger partial charge in [-0.25, -0.2) is 0 Å². The minimum atomic E-state index is -0.467. The van der Waals surface area contributed by atoms with E-state index in [2.05, 4.69) is 38.0 Å². The zero-order valence-electron chi connectivity index (χ0n) is 10.6. The van der Waals surface area contributed by atoms with Crippen LogP contribution in [0.1, 0.15) is 33.6 Å². The number of nitrogens with zero attached hydrogens (tertiary/aromatic N) is 1. The van der Waals surface area contributed by atoms with Crippen molar-refractivity contribution in [3.8, 4) is 0 Å². The van der Waals surface area contributed by atoms with Gasteiger partial charge in [-0.1, -0.05) is 20.8 Å². The van der Waals surface area contributed by atoms with Gasteiger partial charge in [0.25, 0.3) is 0 Å².